The summed E-state index contributed by atoms with van der Waals surface area (Å²) in [5.41, 5.74) is 2.30. The highest BCUT2D eigenvalue weighted by molar-refractivity contribution is 6.40. The Morgan fingerprint density at radius 3 is 2.26 bits per heavy atom. The van der Waals surface area contributed by atoms with Crippen LogP contribution in [0.5, 0.6) is 0 Å². The molecule has 0 unspecified atom stereocenters. The number of hydrogen-bond donors (Lipinski definition) is 1. The lowest BCUT2D eigenvalue weighted by Crippen LogP contribution is -2.32. The quantitative estimate of drug-likeness (QED) is 0.310. The van der Waals surface area contributed by atoms with Crippen molar-refractivity contribution >= 4 is 58.3 Å². The van der Waals surface area contributed by atoms with Gasteiger partial charge >= 0.3 is 0 Å². The molecule has 0 spiro atoms. The molecule has 0 bridgehead atoms. The number of amidine groups is 1. The van der Waals surface area contributed by atoms with Crippen molar-refractivity contribution in [3.05, 3.63) is 124 Å². The summed E-state index contributed by atoms with van der Waals surface area (Å²) in [6, 6.07) is 24.5. The summed E-state index contributed by atoms with van der Waals surface area (Å²) >= 11 is 12.3. The zero-order valence-electron chi connectivity index (χ0n) is 18.1. The first-order chi connectivity index (χ1) is 17.0. The van der Waals surface area contributed by atoms with Crippen molar-refractivity contribution < 1.29 is 14.0 Å². The van der Waals surface area contributed by atoms with E-state index < -0.39 is 0 Å². The molecule has 172 valence electrons. The normalized spacial score (nSPS) is 14.3. The van der Waals surface area contributed by atoms with Crippen LogP contribution in [-0.2, 0) is 4.79 Å². The monoisotopic (exact) mass is 501 g/mol. The van der Waals surface area contributed by atoms with Crippen molar-refractivity contribution in [3.63, 3.8) is 0 Å². The Bertz CT molecular complexity index is 1440. The zero-order valence-corrected chi connectivity index (χ0v) is 19.6. The van der Waals surface area contributed by atoms with Gasteiger partial charge in [-0.2, -0.15) is 0 Å². The molecule has 6 nitrogen and oxygen atoms in total. The Balaban J connectivity index is 1.45. The summed E-state index contributed by atoms with van der Waals surface area (Å²) < 4.78 is 5.35. The van der Waals surface area contributed by atoms with Gasteiger partial charge in [0, 0.05) is 17.2 Å². The smallest absolute Gasteiger partial charge is 0.282 e. The maximum atomic E-state index is 13.3. The third-order valence-corrected chi connectivity index (χ3v) is 5.93. The van der Waals surface area contributed by atoms with E-state index in [2.05, 4.69) is 10.3 Å². The first-order valence-corrected chi connectivity index (χ1v) is 11.4. The minimum Gasteiger partial charge on any atom is -0.465 e. The van der Waals surface area contributed by atoms with Gasteiger partial charge in [-0.05, 0) is 48.5 Å². The summed E-state index contributed by atoms with van der Waals surface area (Å²) in [6.07, 6.45) is 3.13. The van der Waals surface area contributed by atoms with Crippen LogP contribution in [0.1, 0.15) is 21.7 Å². The van der Waals surface area contributed by atoms with Gasteiger partial charge in [0.2, 0.25) is 0 Å². The van der Waals surface area contributed by atoms with Gasteiger partial charge in [0.15, 0.2) is 0 Å². The largest absolute Gasteiger partial charge is 0.465 e. The number of carbonyl (C=O) groups excluding carboxylic acids is 2. The van der Waals surface area contributed by atoms with Crippen LogP contribution in [0.3, 0.4) is 0 Å². The Hall–Kier alpha value is -4.13. The highest BCUT2D eigenvalue weighted by Crippen LogP contribution is 2.31. The lowest BCUT2D eigenvalue weighted by molar-refractivity contribution is -0.113. The molecule has 0 radical (unpaired) electrons. The van der Waals surface area contributed by atoms with Crippen molar-refractivity contribution in [1.29, 1.82) is 0 Å². The van der Waals surface area contributed by atoms with Crippen LogP contribution in [0.15, 0.2) is 106 Å². The van der Waals surface area contributed by atoms with Gasteiger partial charge in [0.25, 0.3) is 11.8 Å². The molecule has 1 aliphatic rings. The maximum Gasteiger partial charge on any atom is 0.282 e. The molecule has 1 aromatic heterocycles. The molecule has 1 aliphatic heterocycles. The third kappa shape index (κ3) is 4.62. The fourth-order valence-corrected chi connectivity index (χ4v) is 4.10. The Labute approximate surface area is 211 Å². The second kappa shape index (κ2) is 9.62. The number of amides is 2. The molecule has 0 fully saturated rings. The highest BCUT2D eigenvalue weighted by Gasteiger charge is 2.32. The minimum absolute atomic E-state index is 0.244. The Kier molecular flexibility index (Phi) is 6.23. The summed E-state index contributed by atoms with van der Waals surface area (Å²) in [6.45, 7) is 0. The van der Waals surface area contributed by atoms with Crippen LogP contribution >= 0.6 is 23.2 Å². The van der Waals surface area contributed by atoms with Crippen molar-refractivity contribution in [2.45, 2.75) is 0 Å². The predicted molar refractivity (Wildman–Crippen MR) is 138 cm³/mol. The molecule has 1 N–H and O–H groups in total. The van der Waals surface area contributed by atoms with Crippen molar-refractivity contribution in [2.24, 2.45) is 4.99 Å². The van der Waals surface area contributed by atoms with E-state index in [1.165, 1.54) is 11.2 Å². The number of anilines is 2. The molecule has 3 aromatic carbocycles. The number of para-hydroxylation sites is 1. The predicted octanol–water partition coefficient (Wildman–Crippen LogP) is 6.67. The van der Waals surface area contributed by atoms with Crippen LogP contribution in [0, 0.1) is 0 Å². The number of hydrogen-bond acceptors (Lipinski definition) is 4. The van der Waals surface area contributed by atoms with E-state index in [9.17, 15) is 9.59 Å². The standard InChI is InChI=1S/C27H17Cl2N3O3/c28-21-9-4-10-22(29)24(21)31-26(33)18-11-13-19(14-12-18)32-25(17-6-2-1-3-7-17)30-23(27(32)34)16-20-8-5-15-35-20/h1-16H,(H,31,33). The number of rotatable bonds is 5. The topological polar surface area (TPSA) is 74.9 Å². The van der Waals surface area contributed by atoms with Crippen LogP contribution in [0.25, 0.3) is 6.08 Å². The molecule has 0 saturated heterocycles. The van der Waals surface area contributed by atoms with Crippen molar-refractivity contribution in [3.8, 4) is 0 Å². The third-order valence-electron chi connectivity index (χ3n) is 5.30. The molecule has 8 heteroatoms. The lowest BCUT2D eigenvalue weighted by Gasteiger charge is -2.19. The summed E-state index contributed by atoms with van der Waals surface area (Å²) in [7, 11) is 0. The van der Waals surface area contributed by atoms with E-state index in [-0.39, 0.29) is 17.5 Å². The van der Waals surface area contributed by atoms with E-state index in [0.29, 0.717) is 38.6 Å². The number of carbonyl (C=O) groups is 2. The molecular weight excluding hydrogens is 485 g/mol. The number of nitrogens with one attached hydrogen (secondary N) is 1. The minimum atomic E-state index is -0.380. The molecule has 35 heavy (non-hydrogen) atoms. The van der Waals surface area contributed by atoms with Crippen molar-refractivity contribution in [1.82, 2.24) is 0 Å². The van der Waals surface area contributed by atoms with Gasteiger partial charge in [-0.25, -0.2) is 4.99 Å². The number of nitrogens with zero attached hydrogens (tertiary/aromatic N) is 2. The SMILES string of the molecule is O=C(Nc1c(Cl)cccc1Cl)c1ccc(N2C(=O)C(=Cc3ccco3)N=C2c2ccccc2)cc1. The van der Waals surface area contributed by atoms with Gasteiger partial charge in [-0.15, -0.1) is 0 Å². The molecule has 2 amide bonds. The lowest BCUT2D eigenvalue weighted by atomic mass is 10.1. The molecule has 4 aromatic rings. The summed E-state index contributed by atoms with van der Waals surface area (Å²) in [5.74, 6) is 0.319. The Morgan fingerprint density at radius 2 is 1.60 bits per heavy atom. The average molecular weight is 502 g/mol. The molecule has 2 heterocycles. The van der Waals surface area contributed by atoms with Crippen LogP contribution < -0.4 is 10.2 Å². The Morgan fingerprint density at radius 1 is 0.886 bits per heavy atom. The van der Waals surface area contributed by atoms with Gasteiger partial charge in [0.05, 0.1) is 27.7 Å². The fraction of sp³-hybridized carbons (Fsp3) is 0. The van der Waals surface area contributed by atoms with Gasteiger partial charge in [-0.3, -0.25) is 14.5 Å². The van der Waals surface area contributed by atoms with Gasteiger partial charge in [-0.1, -0.05) is 59.6 Å². The number of aliphatic imine (C=N–C) groups is 1. The van der Waals surface area contributed by atoms with E-state index in [1.807, 2.05) is 30.3 Å². The maximum absolute atomic E-state index is 13.3. The average Bonchev–Trinajstić information content (AvgIpc) is 3.50. The number of furan rings is 1. The molecule has 0 saturated carbocycles. The number of halogens is 2. The number of benzene rings is 3. The first kappa shape index (κ1) is 22.7. The van der Waals surface area contributed by atoms with Crippen LogP contribution in [0.4, 0.5) is 11.4 Å². The summed E-state index contributed by atoms with van der Waals surface area (Å²) in [4.78, 5) is 32.2. The second-order valence-electron chi connectivity index (χ2n) is 7.58. The van der Waals surface area contributed by atoms with Crippen molar-refractivity contribution in [2.75, 3.05) is 10.2 Å². The van der Waals surface area contributed by atoms with E-state index >= 15 is 0 Å². The van der Waals surface area contributed by atoms with Gasteiger partial charge in [0.1, 0.15) is 17.3 Å². The van der Waals surface area contributed by atoms with Gasteiger partial charge < -0.3 is 9.73 Å². The van der Waals surface area contributed by atoms with Crippen LogP contribution in [0.2, 0.25) is 10.0 Å². The molecule has 0 atom stereocenters. The molecular formula is C27H17Cl2N3O3. The van der Waals surface area contributed by atoms with E-state index in [4.69, 9.17) is 27.6 Å². The second-order valence-corrected chi connectivity index (χ2v) is 8.40. The zero-order chi connectivity index (χ0) is 24.4. The first-order valence-electron chi connectivity index (χ1n) is 10.6. The molecule has 5 rings (SSSR count). The van der Waals surface area contributed by atoms with E-state index in [1.54, 1.807) is 60.7 Å². The molecule has 0 aliphatic carbocycles. The summed E-state index contributed by atoms with van der Waals surface area (Å²) in [5, 5.41) is 3.41. The van der Waals surface area contributed by atoms with Crippen LogP contribution in [-0.4, -0.2) is 17.6 Å². The van der Waals surface area contributed by atoms with E-state index in [0.717, 1.165) is 5.56 Å². The fourth-order valence-electron chi connectivity index (χ4n) is 3.61. The highest BCUT2D eigenvalue weighted by atomic mass is 35.5.